The Balaban J connectivity index is 1.47. The van der Waals surface area contributed by atoms with Crippen LogP contribution in [0.15, 0.2) is 41.8 Å². The fourth-order valence-corrected chi connectivity index (χ4v) is 4.76. The van der Waals surface area contributed by atoms with Crippen molar-refractivity contribution in [2.45, 2.75) is 44.5 Å². The Morgan fingerprint density at radius 1 is 1.36 bits per heavy atom. The number of carbonyl (C=O) groups is 1. The van der Waals surface area contributed by atoms with Gasteiger partial charge in [-0.2, -0.15) is 5.26 Å². The Kier molecular flexibility index (Phi) is 7.06. The molecule has 0 saturated carbocycles. The molecule has 1 N–H and O–H groups in total. The quantitative estimate of drug-likeness (QED) is 0.504. The summed E-state index contributed by atoms with van der Waals surface area (Å²) in [6.07, 6.45) is 5.68. The van der Waals surface area contributed by atoms with Crippen LogP contribution in [0.25, 0.3) is 5.69 Å². The van der Waals surface area contributed by atoms with E-state index in [0.717, 1.165) is 42.1 Å². The van der Waals surface area contributed by atoms with Gasteiger partial charge in [0.2, 0.25) is 5.91 Å². The van der Waals surface area contributed by atoms with Crippen LogP contribution >= 0.6 is 11.8 Å². The van der Waals surface area contributed by atoms with E-state index in [9.17, 15) is 10.1 Å². The fourth-order valence-electron chi connectivity index (χ4n) is 3.98. The number of imidazole rings is 1. The average Bonchev–Trinajstić information content (AvgIpc) is 3.56. The predicted molar refractivity (Wildman–Crippen MR) is 127 cm³/mol. The summed E-state index contributed by atoms with van der Waals surface area (Å²) >= 11 is 1.34. The van der Waals surface area contributed by atoms with E-state index < -0.39 is 0 Å². The van der Waals surface area contributed by atoms with Gasteiger partial charge >= 0.3 is 0 Å². The molecule has 1 aliphatic rings. The molecule has 1 saturated heterocycles. The van der Waals surface area contributed by atoms with Crippen LogP contribution in [-0.4, -0.2) is 45.6 Å². The molecule has 0 bridgehead atoms. The first-order valence-electron chi connectivity index (χ1n) is 10.8. The van der Waals surface area contributed by atoms with E-state index in [0.29, 0.717) is 23.1 Å². The molecule has 9 heteroatoms. The first-order chi connectivity index (χ1) is 16.0. The van der Waals surface area contributed by atoms with Crippen molar-refractivity contribution < 1.29 is 14.3 Å². The minimum absolute atomic E-state index is 0.101. The topological polar surface area (TPSA) is 94.1 Å². The number of hydrogen-bond donors (Lipinski definition) is 1. The number of ether oxygens (including phenoxy) is 2. The van der Waals surface area contributed by atoms with Crippen LogP contribution in [0.5, 0.6) is 5.75 Å². The smallest absolute Gasteiger partial charge is 0.235 e. The van der Waals surface area contributed by atoms with Gasteiger partial charge in [0.15, 0.2) is 5.16 Å². The first-order valence-corrected chi connectivity index (χ1v) is 11.8. The van der Waals surface area contributed by atoms with Gasteiger partial charge in [0.05, 0.1) is 31.1 Å². The van der Waals surface area contributed by atoms with Crippen molar-refractivity contribution in [3.63, 3.8) is 0 Å². The summed E-state index contributed by atoms with van der Waals surface area (Å²) in [5.74, 6) is 1.30. The number of aromatic nitrogens is 3. The Morgan fingerprint density at radius 2 is 2.15 bits per heavy atom. The van der Waals surface area contributed by atoms with Crippen LogP contribution in [0.4, 0.5) is 5.82 Å². The molecule has 3 aromatic rings. The zero-order valence-electron chi connectivity index (χ0n) is 19.0. The van der Waals surface area contributed by atoms with Crippen molar-refractivity contribution in [1.82, 2.24) is 14.1 Å². The molecule has 2 aromatic heterocycles. The summed E-state index contributed by atoms with van der Waals surface area (Å²) in [5.41, 5.74) is 3.29. The second-order valence-corrected chi connectivity index (χ2v) is 8.85. The Labute approximate surface area is 197 Å². The number of thioether (sulfide) groups is 1. The van der Waals surface area contributed by atoms with Crippen molar-refractivity contribution in [2.75, 3.05) is 24.8 Å². The fraction of sp³-hybridized carbons (Fsp3) is 0.375. The van der Waals surface area contributed by atoms with E-state index in [-0.39, 0.29) is 17.8 Å². The molecule has 1 atom stereocenters. The number of rotatable bonds is 8. The average molecular weight is 466 g/mol. The molecule has 1 aromatic carbocycles. The Bertz CT molecular complexity index is 1170. The molecule has 1 fully saturated rings. The molecule has 0 radical (unpaired) electrons. The highest BCUT2D eigenvalue weighted by Gasteiger charge is 2.24. The lowest BCUT2D eigenvalue weighted by Crippen LogP contribution is -2.22. The molecule has 8 nitrogen and oxygen atoms in total. The SMILES string of the molecule is COc1ccc(-n2ccnc2SCC(=O)Nc2c(C#N)c(C)c(C)n2C[C@@H]2CCCO2)cc1. The number of nitriles is 1. The number of amides is 1. The van der Waals surface area contributed by atoms with Crippen molar-refractivity contribution in [3.05, 3.63) is 53.5 Å². The molecule has 0 aliphatic carbocycles. The molecular formula is C24H27N5O3S. The lowest BCUT2D eigenvalue weighted by atomic mass is 10.2. The maximum absolute atomic E-state index is 12.9. The van der Waals surface area contributed by atoms with Crippen molar-refractivity contribution in [3.8, 4) is 17.5 Å². The highest BCUT2D eigenvalue weighted by atomic mass is 32.2. The number of nitrogens with zero attached hydrogens (tertiary/aromatic N) is 4. The van der Waals surface area contributed by atoms with Gasteiger partial charge in [-0.3, -0.25) is 9.36 Å². The normalized spacial score (nSPS) is 15.4. The number of benzene rings is 1. The van der Waals surface area contributed by atoms with Crippen LogP contribution in [0, 0.1) is 25.2 Å². The van der Waals surface area contributed by atoms with Gasteiger partial charge in [-0.1, -0.05) is 11.8 Å². The van der Waals surface area contributed by atoms with E-state index in [2.05, 4.69) is 16.4 Å². The predicted octanol–water partition coefficient (Wildman–Crippen LogP) is 4.08. The van der Waals surface area contributed by atoms with Gasteiger partial charge in [0.25, 0.3) is 0 Å². The lowest BCUT2D eigenvalue weighted by molar-refractivity contribution is -0.113. The number of methoxy groups -OCH3 is 1. The van der Waals surface area contributed by atoms with Crippen molar-refractivity contribution >= 4 is 23.5 Å². The molecular weight excluding hydrogens is 438 g/mol. The van der Waals surface area contributed by atoms with E-state index in [1.165, 1.54) is 11.8 Å². The van der Waals surface area contributed by atoms with Crippen LogP contribution < -0.4 is 10.1 Å². The number of carbonyl (C=O) groups excluding carboxylic acids is 1. The van der Waals surface area contributed by atoms with Crippen LogP contribution in [0.3, 0.4) is 0 Å². The standard InChI is InChI=1S/C24H27N5O3S/c1-16-17(2)29(14-20-5-4-12-32-20)23(21(16)13-25)27-22(30)15-33-24-26-10-11-28(24)18-6-8-19(31-3)9-7-18/h6-11,20H,4-5,12,14-15H2,1-3H3,(H,27,30)/t20-/m0/s1. The summed E-state index contributed by atoms with van der Waals surface area (Å²) < 4.78 is 14.9. The Morgan fingerprint density at radius 3 is 2.82 bits per heavy atom. The van der Waals surface area contributed by atoms with E-state index in [4.69, 9.17) is 9.47 Å². The largest absolute Gasteiger partial charge is 0.497 e. The second kappa shape index (κ2) is 10.1. The molecule has 1 aliphatic heterocycles. The highest BCUT2D eigenvalue weighted by molar-refractivity contribution is 7.99. The second-order valence-electron chi connectivity index (χ2n) is 7.91. The summed E-state index contributed by atoms with van der Waals surface area (Å²) in [4.78, 5) is 17.3. The molecule has 172 valence electrons. The third kappa shape index (κ3) is 4.92. The third-order valence-corrected chi connectivity index (χ3v) is 6.87. The first kappa shape index (κ1) is 23.0. The lowest BCUT2D eigenvalue weighted by Gasteiger charge is -2.17. The van der Waals surface area contributed by atoms with E-state index in [1.54, 1.807) is 13.3 Å². The van der Waals surface area contributed by atoms with Gasteiger partial charge in [0, 0.05) is 30.4 Å². The summed E-state index contributed by atoms with van der Waals surface area (Å²) in [6.45, 7) is 5.27. The van der Waals surface area contributed by atoms with Gasteiger partial charge in [-0.25, -0.2) is 4.98 Å². The maximum Gasteiger partial charge on any atom is 0.235 e. The molecule has 3 heterocycles. The number of anilines is 1. The minimum atomic E-state index is -0.188. The molecule has 0 spiro atoms. The number of hydrogen-bond acceptors (Lipinski definition) is 6. The Hall–Kier alpha value is -3.22. The van der Waals surface area contributed by atoms with E-state index in [1.807, 2.05) is 53.4 Å². The van der Waals surface area contributed by atoms with Gasteiger partial charge in [0.1, 0.15) is 17.6 Å². The monoisotopic (exact) mass is 465 g/mol. The third-order valence-electron chi connectivity index (χ3n) is 5.90. The van der Waals surface area contributed by atoms with Crippen molar-refractivity contribution in [1.29, 1.82) is 5.26 Å². The molecule has 4 rings (SSSR count). The van der Waals surface area contributed by atoms with Crippen LogP contribution in [-0.2, 0) is 16.1 Å². The van der Waals surface area contributed by atoms with Crippen LogP contribution in [0.1, 0.15) is 29.7 Å². The summed E-state index contributed by atoms with van der Waals surface area (Å²) in [6, 6.07) is 9.89. The minimum Gasteiger partial charge on any atom is -0.497 e. The van der Waals surface area contributed by atoms with Gasteiger partial charge < -0.3 is 19.4 Å². The molecule has 1 amide bonds. The summed E-state index contributed by atoms with van der Waals surface area (Å²) in [7, 11) is 1.63. The zero-order chi connectivity index (χ0) is 23.4. The highest BCUT2D eigenvalue weighted by Crippen LogP contribution is 2.29. The van der Waals surface area contributed by atoms with Gasteiger partial charge in [-0.05, 0) is 56.5 Å². The van der Waals surface area contributed by atoms with Crippen molar-refractivity contribution in [2.24, 2.45) is 0 Å². The number of nitrogens with one attached hydrogen (secondary N) is 1. The maximum atomic E-state index is 12.9. The van der Waals surface area contributed by atoms with Gasteiger partial charge in [-0.15, -0.1) is 0 Å². The summed E-state index contributed by atoms with van der Waals surface area (Å²) in [5, 5.41) is 13.4. The van der Waals surface area contributed by atoms with E-state index >= 15 is 0 Å². The molecule has 33 heavy (non-hydrogen) atoms. The zero-order valence-corrected chi connectivity index (χ0v) is 19.8. The van der Waals surface area contributed by atoms with Crippen LogP contribution in [0.2, 0.25) is 0 Å². The molecule has 0 unspecified atom stereocenters.